The van der Waals surface area contributed by atoms with Gasteiger partial charge in [0.05, 0.1) is 5.02 Å². The third kappa shape index (κ3) is 4.23. The monoisotopic (exact) mass is 412 g/mol. The van der Waals surface area contributed by atoms with Gasteiger partial charge in [0, 0.05) is 23.1 Å². The molecule has 0 aromatic heterocycles. The van der Waals surface area contributed by atoms with Gasteiger partial charge in [-0.15, -0.1) is 0 Å². The number of piperazine rings is 1. The summed E-state index contributed by atoms with van der Waals surface area (Å²) in [5, 5.41) is 4.06. The molecule has 2 aromatic rings. The van der Waals surface area contributed by atoms with Gasteiger partial charge in [-0.05, 0) is 35.9 Å². The van der Waals surface area contributed by atoms with Gasteiger partial charge >= 0.3 is 0 Å². The second kappa shape index (κ2) is 8.16. The average molecular weight is 414 g/mol. The molecule has 0 radical (unpaired) electrons. The smallest absolute Gasteiger partial charge is 0.261 e. The van der Waals surface area contributed by atoms with Crippen molar-refractivity contribution in [3.05, 3.63) is 63.1 Å². The van der Waals surface area contributed by atoms with E-state index in [4.69, 9.17) is 39.5 Å². The third-order valence-corrected chi connectivity index (χ3v) is 4.71. The zero-order valence-electron chi connectivity index (χ0n) is 13.5. The van der Waals surface area contributed by atoms with E-state index in [2.05, 4.69) is 5.32 Å². The van der Waals surface area contributed by atoms with Gasteiger partial charge in [-0.1, -0.05) is 46.9 Å². The van der Waals surface area contributed by atoms with E-state index in [-0.39, 0.29) is 18.4 Å². The van der Waals surface area contributed by atoms with Gasteiger partial charge in [-0.2, -0.15) is 0 Å². The van der Waals surface area contributed by atoms with Gasteiger partial charge in [0.2, 0.25) is 5.91 Å². The van der Waals surface area contributed by atoms with Gasteiger partial charge < -0.3 is 15.0 Å². The van der Waals surface area contributed by atoms with Gasteiger partial charge in [0.15, 0.2) is 6.61 Å². The van der Waals surface area contributed by atoms with Crippen LogP contribution in [0.25, 0.3) is 0 Å². The first-order valence-corrected chi connectivity index (χ1v) is 8.99. The van der Waals surface area contributed by atoms with Crippen LogP contribution < -0.4 is 10.1 Å². The zero-order chi connectivity index (χ0) is 18.7. The van der Waals surface area contributed by atoms with E-state index in [1.807, 2.05) is 0 Å². The third-order valence-electron chi connectivity index (χ3n) is 3.94. The van der Waals surface area contributed by atoms with Crippen LogP contribution in [-0.4, -0.2) is 36.4 Å². The molecule has 1 atom stereocenters. The van der Waals surface area contributed by atoms with Crippen LogP contribution in [0.2, 0.25) is 15.1 Å². The predicted molar refractivity (Wildman–Crippen MR) is 101 cm³/mol. The van der Waals surface area contributed by atoms with Crippen LogP contribution in [0.15, 0.2) is 42.5 Å². The standard InChI is InChI=1S/C18H15Cl3N2O3/c19-12-3-1-2-11(8-12)17-18(25)22-6-7-23(17)16(24)10-26-15-5-4-13(20)9-14(15)21/h1-5,8-9,17H,6-7,10H2,(H,22,25). The summed E-state index contributed by atoms with van der Waals surface area (Å²) in [4.78, 5) is 26.5. The first kappa shape index (κ1) is 18.8. The molecular formula is C18H15Cl3N2O3. The highest BCUT2D eigenvalue weighted by molar-refractivity contribution is 6.35. The lowest BCUT2D eigenvalue weighted by molar-refractivity contribution is -0.145. The number of carbonyl (C=O) groups is 2. The van der Waals surface area contributed by atoms with Gasteiger partial charge in [0.25, 0.3) is 5.91 Å². The van der Waals surface area contributed by atoms with Crippen LogP contribution in [-0.2, 0) is 9.59 Å². The van der Waals surface area contributed by atoms with Gasteiger partial charge in [0.1, 0.15) is 11.8 Å². The van der Waals surface area contributed by atoms with Crippen molar-refractivity contribution < 1.29 is 14.3 Å². The van der Waals surface area contributed by atoms with Crippen LogP contribution in [0.4, 0.5) is 0 Å². The number of benzene rings is 2. The SMILES string of the molecule is O=C1NCCN(C(=O)COc2ccc(Cl)cc2Cl)C1c1cccc(Cl)c1. The number of hydrogen-bond donors (Lipinski definition) is 1. The lowest BCUT2D eigenvalue weighted by atomic mass is 10.0. The first-order chi connectivity index (χ1) is 12.5. The van der Waals surface area contributed by atoms with E-state index >= 15 is 0 Å². The molecule has 8 heteroatoms. The van der Waals surface area contributed by atoms with Crippen LogP contribution in [0.5, 0.6) is 5.75 Å². The van der Waals surface area contributed by atoms with E-state index < -0.39 is 6.04 Å². The highest BCUT2D eigenvalue weighted by Crippen LogP contribution is 2.29. The second-order valence-electron chi connectivity index (χ2n) is 5.70. The van der Waals surface area contributed by atoms with Crippen molar-refractivity contribution in [2.24, 2.45) is 0 Å². The first-order valence-electron chi connectivity index (χ1n) is 7.86. The van der Waals surface area contributed by atoms with Crippen molar-refractivity contribution in [2.75, 3.05) is 19.7 Å². The minimum absolute atomic E-state index is 0.244. The van der Waals surface area contributed by atoms with Gasteiger partial charge in [-0.25, -0.2) is 0 Å². The molecule has 1 saturated heterocycles. The number of carbonyl (C=O) groups excluding carboxylic acids is 2. The number of amides is 2. The summed E-state index contributed by atoms with van der Waals surface area (Å²) < 4.78 is 5.51. The number of nitrogens with one attached hydrogen (secondary N) is 1. The molecule has 2 aromatic carbocycles. The van der Waals surface area contributed by atoms with Crippen LogP contribution in [0.1, 0.15) is 11.6 Å². The van der Waals surface area contributed by atoms with Crippen molar-refractivity contribution in [3.8, 4) is 5.75 Å². The highest BCUT2D eigenvalue weighted by Gasteiger charge is 2.34. The van der Waals surface area contributed by atoms with Crippen molar-refractivity contribution in [1.29, 1.82) is 0 Å². The molecule has 1 unspecified atom stereocenters. The Morgan fingerprint density at radius 2 is 1.92 bits per heavy atom. The topological polar surface area (TPSA) is 58.6 Å². The predicted octanol–water partition coefficient (Wildman–Crippen LogP) is 3.73. The molecule has 136 valence electrons. The number of ether oxygens (including phenoxy) is 1. The summed E-state index contributed by atoms with van der Waals surface area (Å²) in [5.41, 5.74) is 0.646. The summed E-state index contributed by atoms with van der Waals surface area (Å²) >= 11 is 17.9. The average Bonchev–Trinajstić information content (AvgIpc) is 2.60. The van der Waals surface area contributed by atoms with E-state index in [1.165, 1.54) is 11.0 Å². The van der Waals surface area contributed by atoms with Crippen LogP contribution in [0, 0.1) is 0 Å². The Morgan fingerprint density at radius 1 is 1.15 bits per heavy atom. The maximum Gasteiger partial charge on any atom is 0.261 e. The molecule has 5 nitrogen and oxygen atoms in total. The summed E-state index contributed by atoms with van der Waals surface area (Å²) in [7, 11) is 0. The maximum atomic E-state index is 12.7. The fourth-order valence-electron chi connectivity index (χ4n) is 2.76. The van der Waals surface area contributed by atoms with Crippen LogP contribution in [0.3, 0.4) is 0 Å². The molecule has 1 N–H and O–H groups in total. The summed E-state index contributed by atoms with van der Waals surface area (Å²) in [6, 6.07) is 10.9. The Labute approximate surface area is 165 Å². The van der Waals surface area contributed by atoms with Gasteiger partial charge in [-0.3, -0.25) is 9.59 Å². The summed E-state index contributed by atoms with van der Waals surface area (Å²) in [5.74, 6) is -0.225. The van der Waals surface area contributed by atoms with E-state index in [0.717, 1.165) is 0 Å². The molecule has 2 amide bonds. The summed E-state index contributed by atoms with van der Waals surface area (Å²) in [6.07, 6.45) is 0. The summed E-state index contributed by atoms with van der Waals surface area (Å²) in [6.45, 7) is 0.508. The number of nitrogens with zero attached hydrogens (tertiary/aromatic N) is 1. The minimum Gasteiger partial charge on any atom is -0.482 e. The quantitative estimate of drug-likeness (QED) is 0.831. The molecule has 1 aliphatic rings. The lowest BCUT2D eigenvalue weighted by Crippen LogP contribution is -2.53. The van der Waals surface area contributed by atoms with Crippen molar-refractivity contribution in [2.45, 2.75) is 6.04 Å². The Morgan fingerprint density at radius 3 is 2.65 bits per heavy atom. The maximum absolute atomic E-state index is 12.7. The van der Waals surface area contributed by atoms with Crippen molar-refractivity contribution in [1.82, 2.24) is 10.2 Å². The minimum atomic E-state index is -0.751. The van der Waals surface area contributed by atoms with Crippen LogP contribution >= 0.6 is 34.8 Å². The van der Waals surface area contributed by atoms with Crippen molar-refractivity contribution >= 4 is 46.6 Å². The number of rotatable bonds is 4. The fraction of sp³-hybridized carbons (Fsp3) is 0.222. The molecule has 26 heavy (non-hydrogen) atoms. The number of hydrogen-bond acceptors (Lipinski definition) is 3. The van der Waals surface area contributed by atoms with E-state index in [9.17, 15) is 9.59 Å². The van der Waals surface area contributed by atoms with E-state index in [1.54, 1.807) is 36.4 Å². The molecule has 0 spiro atoms. The second-order valence-corrected chi connectivity index (χ2v) is 6.98. The lowest BCUT2D eigenvalue weighted by Gasteiger charge is -2.35. The Hall–Kier alpha value is -1.95. The highest BCUT2D eigenvalue weighted by atomic mass is 35.5. The molecule has 1 heterocycles. The molecule has 1 fully saturated rings. The molecule has 3 rings (SSSR count). The molecule has 1 aliphatic heterocycles. The zero-order valence-corrected chi connectivity index (χ0v) is 15.8. The van der Waals surface area contributed by atoms with Crippen molar-refractivity contribution in [3.63, 3.8) is 0 Å². The Bertz CT molecular complexity index is 844. The molecule has 0 bridgehead atoms. The van der Waals surface area contributed by atoms with E-state index in [0.29, 0.717) is 39.5 Å². The molecular weight excluding hydrogens is 399 g/mol. The molecule has 0 aliphatic carbocycles. The fourth-order valence-corrected chi connectivity index (χ4v) is 3.42. The number of halogens is 3. The molecule has 0 saturated carbocycles. The normalized spacial score (nSPS) is 17.0. The Kier molecular flexibility index (Phi) is 5.91. The largest absolute Gasteiger partial charge is 0.482 e. The Balaban J connectivity index is 1.76.